The SMILES string of the molecule is CN(C(=O)Nc1cccc(Cl)c1)c1ccccc1Br. The average molecular weight is 340 g/mol. The maximum atomic E-state index is 12.1. The van der Waals surface area contributed by atoms with Gasteiger partial charge in [-0.2, -0.15) is 0 Å². The molecule has 0 saturated carbocycles. The number of benzene rings is 2. The van der Waals surface area contributed by atoms with Gasteiger partial charge in [0.15, 0.2) is 0 Å². The number of para-hydroxylation sites is 1. The van der Waals surface area contributed by atoms with E-state index in [-0.39, 0.29) is 6.03 Å². The molecule has 3 nitrogen and oxygen atoms in total. The van der Waals surface area contributed by atoms with Crippen molar-refractivity contribution in [2.45, 2.75) is 0 Å². The van der Waals surface area contributed by atoms with Crippen LogP contribution in [0.3, 0.4) is 0 Å². The van der Waals surface area contributed by atoms with E-state index < -0.39 is 0 Å². The third-order valence-corrected chi connectivity index (χ3v) is 3.50. The van der Waals surface area contributed by atoms with Crippen LogP contribution in [0.1, 0.15) is 0 Å². The molecule has 0 radical (unpaired) electrons. The molecule has 0 aromatic heterocycles. The number of halogens is 2. The van der Waals surface area contributed by atoms with Crippen LogP contribution in [0.5, 0.6) is 0 Å². The maximum absolute atomic E-state index is 12.1. The van der Waals surface area contributed by atoms with E-state index in [0.29, 0.717) is 10.7 Å². The first-order chi connectivity index (χ1) is 9.08. The smallest absolute Gasteiger partial charge is 0.307 e. The molecule has 2 aromatic rings. The summed E-state index contributed by atoms with van der Waals surface area (Å²) in [5.41, 5.74) is 1.46. The van der Waals surface area contributed by atoms with Gasteiger partial charge in [0.25, 0.3) is 0 Å². The molecule has 0 aliphatic rings. The normalized spacial score (nSPS) is 10.1. The number of hydrogen-bond donors (Lipinski definition) is 1. The van der Waals surface area contributed by atoms with E-state index in [2.05, 4.69) is 21.2 Å². The fourth-order valence-electron chi connectivity index (χ4n) is 1.61. The number of hydrogen-bond acceptors (Lipinski definition) is 1. The van der Waals surface area contributed by atoms with Crippen molar-refractivity contribution in [1.29, 1.82) is 0 Å². The first kappa shape index (κ1) is 13.9. The van der Waals surface area contributed by atoms with Gasteiger partial charge in [0.05, 0.1) is 5.69 Å². The second kappa shape index (κ2) is 6.08. The lowest BCUT2D eigenvalue weighted by atomic mass is 10.3. The highest BCUT2D eigenvalue weighted by molar-refractivity contribution is 9.10. The Morgan fingerprint density at radius 1 is 1.21 bits per heavy atom. The van der Waals surface area contributed by atoms with Crippen molar-refractivity contribution < 1.29 is 4.79 Å². The largest absolute Gasteiger partial charge is 0.326 e. The average Bonchev–Trinajstić information content (AvgIpc) is 2.38. The lowest BCUT2D eigenvalue weighted by Crippen LogP contribution is -2.31. The molecule has 2 aromatic carbocycles. The maximum Gasteiger partial charge on any atom is 0.326 e. The van der Waals surface area contributed by atoms with Gasteiger partial charge in [-0.1, -0.05) is 29.8 Å². The number of nitrogens with zero attached hydrogens (tertiary/aromatic N) is 1. The Morgan fingerprint density at radius 2 is 1.95 bits per heavy atom. The molecule has 2 rings (SSSR count). The Bertz CT molecular complexity index is 604. The van der Waals surface area contributed by atoms with Crippen LogP contribution >= 0.6 is 27.5 Å². The van der Waals surface area contributed by atoms with Gasteiger partial charge in [-0.25, -0.2) is 4.79 Å². The summed E-state index contributed by atoms with van der Waals surface area (Å²) in [6.07, 6.45) is 0. The first-order valence-corrected chi connectivity index (χ1v) is 6.80. The van der Waals surface area contributed by atoms with Crippen molar-refractivity contribution in [3.05, 3.63) is 58.0 Å². The van der Waals surface area contributed by atoms with Crippen LogP contribution in [-0.4, -0.2) is 13.1 Å². The van der Waals surface area contributed by atoms with Crippen LogP contribution in [0.4, 0.5) is 16.2 Å². The quantitative estimate of drug-likeness (QED) is 0.839. The molecule has 0 spiro atoms. The van der Waals surface area contributed by atoms with Crippen molar-refractivity contribution in [3.63, 3.8) is 0 Å². The highest BCUT2D eigenvalue weighted by atomic mass is 79.9. The zero-order chi connectivity index (χ0) is 13.8. The summed E-state index contributed by atoms with van der Waals surface area (Å²) < 4.78 is 0.860. The summed E-state index contributed by atoms with van der Waals surface area (Å²) in [4.78, 5) is 13.7. The molecule has 98 valence electrons. The van der Waals surface area contributed by atoms with Gasteiger partial charge in [-0.15, -0.1) is 0 Å². The number of anilines is 2. The zero-order valence-corrected chi connectivity index (χ0v) is 12.6. The molecule has 0 bridgehead atoms. The van der Waals surface area contributed by atoms with Gasteiger partial charge in [0.2, 0.25) is 0 Å². The molecule has 0 aliphatic heterocycles. The van der Waals surface area contributed by atoms with Crippen molar-refractivity contribution in [3.8, 4) is 0 Å². The summed E-state index contributed by atoms with van der Waals surface area (Å²) >= 11 is 9.30. The van der Waals surface area contributed by atoms with Crippen molar-refractivity contribution in [1.82, 2.24) is 0 Å². The number of urea groups is 1. The molecule has 0 aliphatic carbocycles. The van der Waals surface area contributed by atoms with E-state index in [1.807, 2.05) is 24.3 Å². The van der Waals surface area contributed by atoms with E-state index in [9.17, 15) is 4.79 Å². The van der Waals surface area contributed by atoms with Crippen LogP contribution in [0.15, 0.2) is 53.0 Å². The van der Waals surface area contributed by atoms with Gasteiger partial charge in [-0.3, -0.25) is 4.90 Å². The molecule has 19 heavy (non-hydrogen) atoms. The Kier molecular flexibility index (Phi) is 4.45. The number of amides is 2. The molecule has 2 amide bonds. The number of nitrogens with one attached hydrogen (secondary N) is 1. The number of carbonyl (C=O) groups excluding carboxylic acids is 1. The Labute approximate surface area is 125 Å². The highest BCUT2D eigenvalue weighted by Gasteiger charge is 2.13. The number of rotatable bonds is 2. The topological polar surface area (TPSA) is 32.3 Å². The fraction of sp³-hybridized carbons (Fsp3) is 0.0714. The van der Waals surface area contributed by atoms with Gasteiger partial charge in [0.1, 0.15) is 0 Å². The molecule has 0 heterocycles. The summed E-state index contributed by atoms with van der Waals surface area (Å²) in [7, 11) is 1.71. The minimum Gasteiger partial charge on any atom is -0.307 e. The second-order valence-corrected chi connectivity index (χ2v) is 5.24. The minimum absolute atomic E-state index is 0.228. The van der Waals surface area contributed by atoms with E-state index in [4.69, 9.17) is 11.6 Å². The third-order valence-electron chi connectivity index (χ3n) is 2.59. The summed E-state index contributed by atoms with van der Waals surface area (Å²) in [5.74, 6) is 0. The molecule has 5 heteroatoms. The minimum atomic E-state index is -0.228. The molecule has 0 fully saturated rings. The number of carbonyl (C=O) groups is 1. The van der Waals surface area contributed by atoms with Gasteiger partial charge < -0.3 is 5.32 Å². The molecule has 0 unspecified atom stereocenters. The van der Waals surface area contributed by atoms with Crippen LogP contribution in [0.25, 0.3) is 0 Å². The first-order valence-electron chi connectivity index (χ1n) is 5.63. The Morgan fingerprint density at radius 3 is 2.63 bits per heavy atom. The van der Waals surface area contributed by atoms with Crippen molar-refractivity contribution in [2.24, 2.45) is 0 Å². The summed E-state index contributed by atoms with van der Waals surface area (Å²) in [6, 6.07) is 14.3. The second-order valence-electron chi connectivity index (χ2n) is 3.95. The zero-order valence-electron chi connectivity index (χ0n) is 10.2. The van der Waals surface area contributed by atoms with Crippen LogP contribution in [0.2, 0.25) is 5.02 Å². The third kappa shape index (κ3) is 3.49. The fourth-order valence-corrected chi connectivity index (χ4v) is 2.35. The molecular formula is C14H12BrClN2O. The van der Waals surface area contributed by atoms with Gasteiger partial charge >= 0.3 is 6.03 Å². The standard InChI is InChI=1S/C14H12BrClN2O/c1-18(13-8-3-2-7-12(13)15)14(19)17-11-6-4-5-10(16)9-11/h2-9H,1H3,(H,17,19). The van der Waals surface area contributed by atoms with Crippen LogP contribution in [0, 0.1) is 0 Å². The van der Waals surface area contributed by atoms with E-state index in [0.717, 1.165) is 10.2 Å². The van der Waals surface area contributed by atoms with E-state index >= 15 is 0 Å². The monoisotopic (exact) mass is 338 g/mol. The van der Waals surface area contributed by atoms with Crippen LogP contribution in [-0.2, 0) is 0 Å². The predicted octanol–water partition coefficient (Wildman–Crippen LogP) is 4.77. The summed E-state index contributed by atoms with van der Waals surface area (Å²) in [6.45, 7) is 0. The van der Waals surface area contributed by atoms with Crippen molar-refractivity contribution >= 4 is 44.9 Å². The lowest BCUT2D eigenvalue weighted by Gasteiger charge is -2.19. The lowest BCUT2D eigenvalue weighted by molar-refractivity contribution is 0.258. The van der Waals surface area contributed by atoms with Crippen molar-refractivity contribution in [2.75, 3.05) is 17.3 Å². The predicted molar refractivity (Wildman–Crippen MR) is 83.0 cm³/mol. The molecule has 0 saturated heterocycles. The molecule has 1 N–H and O–H groups in total. The Balaban J connectivity index is 2.14. The summed E-state index contributed by atoms with van der Waals surface area (Å²) in [5, 5.41) is 3.37. The highest BCUT2D eigenvalue weighted by Crippen LogP contribution is 2.25. The Hall–Kier alpha value is -1.52. The molecular weight excluding hydrogens is 328 g/mol. The van der Waals surface area contributed by atoms with Gasteiger partial charge in [-0.05, 0) is 46.3 Å². The van der Waals surface area contributed by atoms with E-state index in [1.54, 1.807) is 31.3 Å². The van der Waals surface area contributed by atoms with E-state index in [1.165, 1.54) is 4.90 Å². The molecule has 0 atom stereocenters. The van der Waals surface area contributed by atoms with Crippen LogP contribution < -0.4 is 10.2 Å². The van der Waals surface area contributed by atoms with Gasteiger partial charge in [0, 0.05) is 22.2 Å².